The lowest BCUT2D eigenvalue weighted by Gasteiger charge is -2.35. The maximum Gasteiger partial charge on any atom is 0.366 e. The molecule has 1 aliphatic heterocycles. The maximum absolute atomic E-state index is 13.3. The first kappa shape index (κ1) is 15.7. The van der Waals surface area contributed by atoms with E-state index in [-0.39, 0.29) is 0 Å². The van der Waals surface area contributed by atoms with Crippen LogP contribution in [0.2, 0.25) is 0 Å². The standard InChI is InChI=1S/C15H23O4P/c1-4-18-20(16,19-5-2)15(11-6-12-17-15)14-9-7-13(3)8-10-14/h7-10H,4-6,11-12H2,1-3H3. The zero-order chi connectivity index (χ0) is 14.6. The highest BCUT2D eigenvalue weighted by molar-refractivity contribution is 7.55. The van der Waals surface area contributed by atoms with Gasteiger partial charge < -0.3 is 13.8 Å². The Balaban J connectivity index is 2.47. The summed E-state index contributed by atoms with van der Waals surface area (Å²) < 4.78 is 30.3. The Labute approximate surface area is 121 Å². The molecule has 1 aliphatic rings. The average molecular weight is 298 g/mol. The van der Waals surface area contributed by atoms with Crippen molar-refractivity contribution in [3.8, 4) is 0 Å². The lowest BCUT2D eigenvalue weighted by atomic mass is 10.0. The van der Waals surface area contributed by atoms with Gasteiger partial charge in [0.05, 0.1) is 13.2 Å². The zero-order valence-electron chi connectivity index (χ0n) is 12.4. The summed E-state index contributed by atoms with van der Waals surface area (Å²) in [4.78, 5) is 0. The molecule has 1 saturated heterocycles. The number of hydrogen-bond donors (Lipinski definition) is 0. The largest absolute Gasteiger partial charge is 0.366 e. The quantitative estimate of drug-likeness (QED) is 0.737. The molecule has 0 spiro atoms. The van der Waals surface area contributed by atoms with Gasteiger partial charge in [0.15, 0.2) is 5.34 Å². The van der Waals surface area contributed by atoms with Crippen molar-refractivity contribution in [1.29, 1.82) is 0 Å². The van der Waals surface area contributed by atoms with Crippen molar-refractivity contribution < 1.29 is 18.3 Å². The van der Waals surface area contributed by atoms with Gasteiger partial charge in [0.25, 0.3) is 0 Å². The van der Waals surface area contributed by atoms with Crippen molar-refractivity contribution in [2.75, 3.05) is 19.8 Å². The minimum atomic E-state index is -3.36. The summed E-state index contributed by atoms with van der Waals surface area (Å²) in [6, 6.07) is 7.93. The molecule has 0 amide bonds. The molecule has 0 N–H and O–H groups in total. The molecule has 5 heteroatoms. The Morgan fingerprint density at radius 2 is 1.80 bits per heavy atom. The van der Waals surface area contributed by atoms with Crippen molar-refractivity contribution in [3.63, 3.8) is 0 Å². The average Bonchev–Trinajstić information content (AvgIpc) is 2.91. The van der Waals surface area contributed by atoms with E-state index in [4.69, 9.17) is 13.8 Å². The maximum atomic E-state index is 13.3. The van der Waals surface area contributed by atoms with Crippen molar-refractivity contribution in [3.05, 3.63) is 35.4 Å². The van der Waals surface area contributed by atoms with E-state index < -0.39 is 12.9 Å². The number of benzene rings is 1. The van der Waals surface area contributed by atoms with Gasteiger partial charge in [-0.3, -0.25) is 4.57 Å². The highest BCUT2D eigenvalue weighted by Gasteiger charge is 2.55. The Kier molecular flexibility index (Phi) is 5.03. The van der Waals surface area contributed by atoms with Crippen LogP contribution in [0.3, 0.4) is 0 Å². The van der Waals surface area contributed by atoms with Gasteiger partial charge in [-0.15, -0.1) is 0 Å². The SMILES string of the molecule is CCOP(=O)(OCC)C1(c2ccc(C)cc2)CCCO1. The van der Waals surface area contributed by atoms with E-state index in [0.717, 1.165) is 17.5 Å². The van der Waals surface area contributed by atoms with Crippen molar-refractivity contribution >= 4 is 7.60 Å². The van der Waals surface area contributed by atoms with E-state index in [9.17, 15) is 4.57 Å². The molecule has 1 fully saturated rings. The van der Waals surface area contributed by atoms with Crippen molar-refractivity contribution in [2.24, 2.45) is 0 Å². The van der Waals surface area contributed by atoms with Crippen LogP contribution in [0.1, 0.15) is 37.8 Å². The predicted molar refractivity (Wildman–Crippen MR) is 78.9 cm³/mol. The van der Waals surface area contributed by atoms with E-state index >= 15 is 0 Å². The fourth-order valence-corrected chi connectivity index (χ4v) is 4.94. The first-order valence-electron chi connectivity index (χ1n) is 7.18. The molecular weight excluding hydrogens is 275 g/mol. The molecule has 0 aromatic heterocycles. The lowest BCUT2D eigenvalue weighted by Crippen LogP contribution is -2.27. The van der Waals surface area contributed by atoms with Gasteiger partial charge in [-0.05, 0) is 39.2 Å². The van der Waals surface area contributed by atoms with Crippen LogP contribution in [0.5, 0.6) is 0 Å². The summed E-state index contributed by atoms with van der Waals surface area (Å²) in [7, 11) is -3.36. The van der Waals surface area contributed by atoms with Gasteiger partial charge in [-0.1, -0.05) is 29.8 Å². The minimum absolute atomic E-state index is 0.342. The van der Waals surface area contributed by atoms with Gasteiger partial charge in [-0.2, -0.15) is 0 Å². The molecule has 20 heavy (non-hydrogen) atoms. The topological polar surface area (TPSA) is 44.8 Å². The van der Waals surface area contributed by atoms with Crippen LogP contribution >= 0.6 is 7.60 Å². The summed E-state index contributed by atoms with van der Waals surface area (Å²) >= 11 is 0. The Morgan fingerprint density at radius 1 is 1.20 bits per heavy atom. The first-order chi connectivity index (χ1) is 9.58. The molecule has 1 aromatic rings. The van der Waals surface area contributed by atoms with E-state index in [0.29, 0.717) is 26.2 Å². The number of ether oxygens (including phenoxy) is 1. The normalized spacial score (nSPS) is 23.1. The summed E-state index contributed by atoms with van der Waals surface area (Å²) in [6.07, 6.45) is 1.52. The monoisotopic (exact) mass is 298 g/mol. The third-order valence-electron chi connectivity index (χ3n) is 3.54. The predicted octanol–water partition coefficient (Wildman–Crippen LogP) is 4.22. The smallest absolute Gasteiger partial charge is 0.358 e. The number of hydrogen-bond acceptors (Lipinski definition) is 4. The molecule has 1 heterocycles. The van der Waals surface area contributed by atoms with E-state index in [2.05, 4.69) is 0 Å². The van der Waals surface area contributed by atoms with Gasteiger partial charge in [0, 0.05) is 6.61 Å². The Bertz CT molecular complexity index is 467. The molecule has 1 aromatic carbocycles. The summed E-state index contributed by atoms with van der Waals surface area (Å²) in [5.74, 6) is 0. The molecule has 2 rings (SSSR count). The van der Waals surface area contributed by atoms with Crippen LogP contribution in [-0.4, -0.2) is 19.8 Å². The second-order valence-electron chi connectivity index (χ2n) is 4.94. The minimum Gasteiger partial charge on any atom is -0.358 e. The van der Waals surface area contributed by atoms with Gasteiger partial charge >= 0.3 is 7.60 Å². The molecule has 0 aliphatic carbocycles. The molecule has 1 atom stereocenters. The lowest BCUT2D eigenvalue weighted by molar-refractivity contribution is 0.0320. The molecule has 0 saturated carbocycles. The van der Waals surface area contributed by atoms with Gasteiger partial charge in [0.2, 0.25) is 0 Å². The number of rotatable bonds is 6. The van der Waals surface area contributed by atoms with Crippen LogP contribution in [-0.2, 0) is 23.7 Å². The van der Waals surface area contributed by atoms with Crippen LogP contribution in [0, 0.1) is 6.92 Å². The molecule has 0 bridgehead atoms. The van der Waals surface area contributed by atoms with E-state index in [1.807, 2.05) is 45.0 Å². The van der Waals surface area contributed by atoms with Crippen LogP contribution in [0.25, 0.3) is 0 Å². The third kappa shape index (κ3) is 2.71. The Hall–Kier alpha value is -0.670. The molecular formula is C15H23O4P. The van der Waals surface area contributed by atoms with Crippen molar-refractivity contribution in [1.82, 2.24) is 0 Å². The van der Waals surface area contributed by atoms with Crippen molar-refractivity contribution in [2.45, 2.75) is 39.0 Å². The van der Waals surface area contributed by atoms with Crippen LogP contribution in [0.4, 0.5) is 0 Å². The first-order valence-corrected chi connectivity index (χ1v) is 8.72. The number of aryl methyl sites for hydroxylation is 1. The van der Waals surface area contributed by atoms with E-state index in [1.165, 1.54) is 0 Å². The fraction of sp³-hybridized carbons (Fsp3) is 0.600. The molecule has 0 radical (unpaired) electrons. The molecule has 112 valence electrons. The highest BCUT2D eigenvalue weighted by Crippen LogP contribution is 2.68. The second kappa shape index (κ2) is 6.40. The van der Waals surface area contributed by atoms with E-state index in [1.54, 1.807) is 0 Å². The second-order valence-corrected chi connectivity index (χ2v) is 7.17. The zero-order valence-corrected chi connectivity index (χ0v) is 13.3. The summed E-state index contributed by atoms with van der Waals surface area (Å²) in [6.45, 7) is 6.93. The van der Waals surface area contributed by atoms with Crippen LogP contribution < -0.4 is 0 Å². The third-order valence-corrected chi connectivity index (χ3v) is 6.24. The molecule has 4 nitrogen and oxygen atoms in total. The molecule has 1 unspecified atom stereocenters. The summed E-state index contributed by atoms with van der Waals surface area (Å²) in [5, 5.41) is -0.952. The van der Waals surface area contributed by atoms with Crippen LogP contribution in [0.15, 0.2) is 24.3 Å². The van der Waals surface area contributed by atoms with Gasteiger partial charge in [0.1, 0.15) is 0 Å². The fourth-order valence-electron chi connectivity index (χ4n) is 2.63. The Morgan fingerprint density at radius 3 is 2.25 bits per heavy atom. The highest BCUT2D eigenvalue weighted by atomic mass is 31.2. The summed E-state index contributed by atoms with van der Waals surface area (Å²) in [5.41, 5.74) is 2.04. The van der Waals surface area contributed by atoms with Gasteiger partial charge in [-0.25, -0.2) is 0 Å².